The molecule has 11 rings (SSSR count). The lowest BCUT2D eigenvalue weighted by Gasteiger charge is -2.11. The van der Waals surface area contributed by atoms with Gasteiger partial charge >= 0.3 is 0 Å². The third-order valence-electron chi connectivity index (χ3n) is 9.39. The second-order valence-electron chi connectivity index (χ2n) is 12.0. The lowest BCUT2D eigenvalue weighted by atomic mass is 9.98. The van der Waals surface area contributed by atoms with Gasteiger partial charge in [-0.3, -0.25) is 4.57 Å². The van der Waals surface area contributed by atoms with Gasteiger partial charge in [-0.05, 0) is 29.7 Å². The van der Waals surface area contributed by atoms with Crippen molar-refractivity contribution in [2.75, 3.05) is 0 Å². The molecule has 218 valence electrons. The van der Waals surface area contributed by atoms with Crippen LogP contribution < -0.4 is 0 Å². The minimum atomic E-state index is 0.625. The molecule has 4 aromatic heterocycles. The lowest BCUT2D eigenvalue weighted by Crippen LogP contribution is -2.06. The van der Waals surface area contributed by atoms with E-state index in [-0.39, 0.29) is 0 Å². The molecule has 6 heteroatoms. The van der Waals surface area contributed by atoms with Crippen molar-refractivity contribution in [2.24, 2.45) is 0 Å². The second-order valence-corrected chi connectivity index (χ2v) is 14.1. The number of benzene rings is 7. The van der Waals surface area contributed by atoms with Gasteiger partial charge in [0, 0.05) is 62.9 Å². The highest BCUT2D eigenvalue weighted by atomic mass is 32.1. The van der Waals surface area contributed by atoms with Crippen molar-refractivity contribution >= 4 is 95.6 Å². The number of fused-ring (bicyclic) bond motifs is 8. The van der Waals surface area contributed by atoms with Crippen molar-refractivity contribution in [2.45, 2.75) is 0 Å². The fourth-order valence-corrected chi connectivity index (χ4v) is 9.77. The number of rotatable bonds is 3. The SMILES string of the molecule is c1ccc(-c2nc(-c3ccccc3)nc(-n3c4cc5c6ccccc6sc5c5ccc6cc7c8ccccc8sc7c3c6c54)n2)cc1. The Bertz CT molecular complexity index is 2950. The Morgan fingerprint density at radius 2 is 1.02 bits per heavy atom. The first-order chi connectivity index (χ1) is 23.3. The third kappa shape index (κ3) is 3.54. The van der Waals surface area contributed by atoms with E-state index >= 15 is 0 Å². The molecule has 0 saturated heterocycles. The first-order valence-corrected chi connectivity index (χ1v) is 17.3. The van der Waals surface area contributed by atoms with Crippen LogP contribution in [0.15, 0.2) is 133 Å². The molecule has 0 aliphatic rings. The number of aromatic nitrogens is 4. The predicted octanol–water partition coefficient (Wildman–Crippen LogP) is 11.6. The summed E-state index contributed by atoms with van der Waals surface area (Å²) < 4.78 is 7.47. The van der Waals surface area contributed by atoms with Crippen LogP contribution in [0.2, 0.25) is 0 Å². The quantitative estimate of drug-likeness (QED) is 0.182. The highest BCUT2D eigenvalue weighted by Crippen LogP contribution is 2.50. The number of nitrogens with zero attached hydrogens (tertiary/aromatic N) is 4. The Hall–Kier alpha value is -5.69. The maximum absolute atomic E-state index is 5.27. The fourth-order valence-electron chi connectivity index (χ4n) is 7.34. The summed E-state index contributed by atoms with van der Waals surface area (Å²) in [6.07, 6.45) is 0. The zero-order valence-electron chi connectivity index (χ0n) is 24.8. The van der Waals surface area contributed by atoms with Crippen LogP contribution in [0.1, 0.15) is 0 Å². The van der Waals surface area contributed by atoms with E-state index in [1.54, 1.807) is 0 Å². The Morgan fingerprint density at radius 3 is 1.68 bits per heavy atom. The molecule has 0 fully saturated rings. The number of thiophene rings is 2. The summed E-state index contributed by atoms with van der Waals surface area (Å²) in [4.78, 5) is 15.6. The van der Waals surface area contributed by atoms with E-state index in [0.29, 0.717) is 17.6 Å². The van der Waals surface area contributed by atoms with Gasteiger partial charge in [0.25, 0.3) is 0 Å². The first-order valence-electron chi connectivity index (χ1n) is 15.6. The monoisotopic (exact) mass is 634 g/mol. The van der Waals surface area contributed by atoms with E-state index in [4.69, 9.17) is 15.0 Å². The van der Waals surface area contributed by atoms with Crippen molar-refractivity contribution < 1.29 is 0 Å². The first kappa shape index (κ1) is 25.5. The second kappa shape index (κ2) is 9.42. The van der Waals surface area contributed by atoms with Crippen molar-refractivity contribution in [3.05, 3.63) is 133 Å². The summed E-state index contributed by atoms with van der Waals surface area (Å²) in [6, 6.07) is 47.3. The van der Waals surface area contributed by atoms with Gasteiger partial charge in [0.05, 0.1) is 15.7 Å². The van der Waals surface area contributed by atoms with Crippen molar-refractivity contribution in [1.82, 2.24) is 19.5 Å². The van der Waals surface area contributed by atoms with Crippen LogP contribution in [0.5, 0.6) is 0 Å². The normalized spacial score (nSPS) is 12.3. The Balaban J connectivity index is 1.38. The Kier molecular flexibility index (Phi) is 5.11. The Morgan fingerprint density at radius 1 is 0.447 bits per heavy atom. The summed E-state index contributed by atoms with van der Waals surface area (Å²) in [6.45, 7) is 0. The van der Waals surface area contributed by atoms with Crippen LogP contribution >= 0.6 is 22.7 Å². The zero-order valence-corrected chi connectivity index (χ0v) is 26.4. The molecule has 4 nitrogen and oxygen atoms in total. The molecule has 0 unspecified atom stereocenters. The van der Waals surface area contributed by atoms with Gasteiger partial charge in [-0.2, -0.15) is 9.97 Å². The predicted molar refractivity (Wildman–Crippen MR) is 200 cm³/mol. The van der Waals surface area contributed by atoms with Crippen molar-refractivity contribution in [1.29, 1.82) is 0 Å². The van der Waals surface area contributed by atoms with E-state index in [1.165, 1.54) is 61.9 Å². The van der Waals surface area contributed by atoms with Gasteiger partial charge in [0.15, 0.2) is 11.6 Å². The molecule has 0 saturated carbocycles. The molecule has 0 aliphatic carbocycles. The highest BCUT2D eigenvalue weighted by molar-refractivity contribution is 7.27. The van der Waals surface area contributed by atoms with Crippen molar-refractivity contribution in [3.63, 3.8) is 0 Å². The van der Waals surface area contributed by atoms with Gasteiger partial charge in [0.2, 0.25) is 5.95 Å². The van der Waals surface area contributed by atoms with E-state index in [2.05, 4.69) is 102 Å². The van der Waals surface area contributed by atoms with E-state index in [0.717, 1.165) is 22.2 Å². The maximum atomic E-state index is 5.27. The fraction of sp³-hybridized carbons (Fsp3) is 0. The minimum Gasteiger partial charge on any atom is -0.276 e. The molecule has 0 amide bonds. The molecule has 7 aromatic carbocycles. The van der Waals surface area contributed by atoms with Crippen LogP contribution in [0.25, 0.3) is 102 Å². The molecule has 4 heterocycles. The third-order valence-corrected chi connectivity index (χ3v) is 11.8. The van der Waals surface area contributed by atoms with Gasteiger partial charge < -0.3 is 0 Å². The maximum Gasteiger partial charge on any atom is 0.238 e. The molecule has 0 spiro atoms. The summed E-state index contributed by atoms with van der Waals surface area (Å²) in [5.41, 5.74) is 4.19. The van der Waals surface area contributed by atoms with Crippen LogP contribution in [0.4, 0.5) is 0 Å². The van der Waals surface area contributed by atoms with E-state index in [9.17, 15) is 0 Å². The molecule has 0 radical (unpaired) electrons. The largest absolute Gasteiger partial charge is 0.276 e. The van der Waals surface area contributed by atoms with Gasteiger partial charge in [-0.15, -0.1) is 22.7 Å². The van der Waals surface area contributed by atoms with E-state index in [1.807, 2.05) is 59.1 Å². The summed E-state index contributed by atoms with van der Waals surface area (Å²) in [5.74, 6) is 1.94. The molecule has 11 aromatic rings. The van der Waals surface area contributed by atoms with Crippen molar-refractivity contribution in [3.8, 4) is 28.7 Å². The van der Waals surface area contributed by atoms with Crippen LogP contribution in [0, 0.1) is 0 Å². The topological polar surface area (TPSA) is 43.6 Å². The van der Waals surface area contributed by atoms with Gasteiger partial charge in [0.1, 0.15) is 0 Å². The molecule has 0 bridgehead atoms. The number of hydrogen-bond acceptors (Lipinski definition) is 5. The smallest absolute Gasteiger partial charge is 0.238 e. The molecular formula is C41H22N4S2. The molecular weight excluding hydrogens is 613 g/mol. The molecule has 0 aliphatic heterocycles. The number of hydrogen-bond donors (Lipinski definition) is 0. The van der Waals surface area contributed by atoms with Crippen LogP contribution in [-0.2, 0) is 0 Å². The van der Waals surface area contributed by atoms with Gasteiger partial charge in [-0.1, -0.05) is 109 Å². The summed E-state index contributed by atoms with van der Waals surface area (Å²) in [7, 11) is 0. The van der Waals surface area contributed by atoms with Crippen LogP contribution in [0.3, 0.4) is 0 Å². The summed E-state index contributed by atoms with van der Waals surface area (Å²) in [5, 5.41) is 10.1. The van der Waals surface area contributed by atoms with Crippen LogP contribution in [-0.4, -0.2) is 19.5 Å². The molecule has 0 N–H and O–H groups in total. The highest BCUT2D eigenvalue weighted by Gasteiger charge is 2.25. The minimum absolute atomic E-state index is 0.625. The molecule has 47 heavy (non-hydrogen) atoms. The standard InChI is InChI=1S/C41H22N4S2/c1-3-11-23(12-4-1)39-42-40(24-13-5-2-6-14-24)44-41(43-39)45-31-22-30-27-16-8-9-17-32(27)46-37(30)28-20-19-25-21-29-26-15-7-10-18-33(26)47-38(29)36(45)34(25)35(28)31/h1-22H. The average molecular weight is 635 g/mol. The Labute approximate surface area is 276 Å². The van der Waals surface area contributed by atoms with Gasteiger partial charge in [-0.25, -0.2) is 4.98 Å². The van der Waals surface area contributed by atoms with E-state index < -0.39 is 0 Å². The summed E-state index contributed by atoms with van der Waals surface area (Å²) >= 11 is 3.73. The zero-order chi connectivity index (χ0) is 30.6. The molecule has 0 atom stereocenters. The lowest BCUT2D eigenvalue weighted by molar-refractivity contribution is 0.956. The average Bonchev–Trinajstić information content (AvgIpc) is 3.81.